The van der Waals surface area contributed by atoms with Crippen LogP contribution >= 0.6 is 0 Å². The Morgan fingerprint density at radius 1 is 1.18 bits per heavy atom. The van der Waals surface area contributed by atoms with Gasteiger partial charge in [0.05, 0.1) is 11.7 Å². The molecule has 2 saturated heterocycles. The van der Waals surface area contributed by atoms with Gasteiger partial charge in [-0.3, -0.25) is 19.7 Å². The van der Waals surface area contributed by atoms with Gasteiger partial charge in [-0.2, -0.15) is 5.10 Å². The van der Waals surface area contributed by atoms with Crippen LogP contribution in [-0.4, -0.2) is 68.0 Å². The highest BCUT2D eigenvalue weighted by Gasteiger charge is 2.41. The standard InChI is InChI=1S/C28H32N8O2/c1-3-29-12-19-13-30-14-21(17(19)2)18-4-5-22-20(10-18)25(35-34-22)26-31-15-23(33-26)27(38)36-8-6-28(7-9-36)11-24(37)32-16-28/h4-5,10,13-15,29H,3,6-9,11-12,16H2,1-2H3,(H,31,33)(H,32,37)(H,34,35). The molecular formula is C28H32N8O2. The summed E-state index contributed by atoms with van der Waals surface area (Å²) >= 11 is 0. The molecule has 1 spiro atoms. The summed E-state index contributed by atoms with van der Waals surface area (Å²) in [7, 11) is 0. The van der Waals surface area contributed by atoms with Crippen molar-refractivity contribution >= 4 is 22.7 Å². The molecule has 0 saturated carbocycles. The molecule has 0 atom stereocenters. The maximum atomic E-state index is 13.2. The fourth-order valence-corrected chi connectivity index (χ4v) is 5.67. The topological polar surface area (TPSA) is 132 Å². The molecule has 2 aliphatic heterocycles. The highest BCUT2D eigenvalue weighted by Crippen LogP contribution is 2.38. The summed E-state index contributed by atoms with van der Waals surface area (Å²) in [6, 6.07) is 6.18. The molecule has 6 rings (SSSR count). The predicted octanol–water partition coefficient (Wildman–Crippen LogP) is 3.18. The maximum absolute atomic E-state index is 13.2. The van der Waals surface area contributed by atoms with Crippen LogP contribution in [0.3, 0.4) is 0 Å². The van der Waals surface area contributed by atoms with Gasteiger partial charge in [-0.1, -0.05) is 13.0 Å². The van der Waals surface area contributed by atoms with Gasteiger partial charge in [0, 0.05) is 55.9 Å². The Morgan fingerprint density at radius 3 is 2.79 bits per heavy atom. The highest BCUT2D eigenvalue weighted by molar-refractivity contribution is 5.96. The Morgan fingerprint density at radius 2 is 2.03 bits per heavy atom. The molecule has 0 bridgehead atoms. The van der Waals surface area contributed by atoms with Crippen LogP contribution < -0.4 is 10.6 Å². The van der Waals surface area contributed by atoms with E-state index in [1.165, 1.54) is 11.1 Å². The molecule has 2 amide bonds. The number of pyridine rings is 1. The molecule has 196 valence electrons. The molecule has 0 aliphatic carbocycles. The van der Waals surface area contributed by atoms with Gasteiger partial charge >= 0.3 is 0 Å². The molecular weight excluding hydrogens is 480 g/mol. The number of benzene rings is 1. The number of carbonyl (C=O) groups excluding carboxylic acids is 2. The van der Waals surface area contributed by atoms with Crippen LogP contribution in [0, 0.1) is 12.3 Å². The molecule has 0 radical (unpaired) electrons. The largest absolute Gasteiger partial charge is 0.356 e. The van der Waals surface area contributed by atoms with Crippen LogP contribution in [0.15, 0.2) is 36.8 Å². The van der Waals surface area contributed by atoms with E-state index >= 15 is 0 Å². The van der Waals surface area contributed by atoms with E-state index in [-0.39, 0.29) is 17.2 Å². The van der Waals surface area contributed by atoms with Crippen molar-refractivity contribution in [2.24, 2.45) is 5.41 Å². The van der Waals surface area contributed by atoms with Crippen LogP contribution in [0.4, 0.5) is 0 Å². The maximum Gasteiger partial charge on any atom is 0.271 e. The summed E-state index contributed by atoms with van der Waals surface area (Å²) in [6.07, 6.45) is 7.62. The van der Waals surface area contributed by atoms with Crippen molar-refractivity contribution in [2.45, 2.75) is 39.7 Å². The number of carbonyl (C=O) groups is 2. The average Bonchev–Trinajstić information content (AvgIpc) is 3.66. The molecule has 4 N–H and O–H groups in total. The van der Waals surface area contributed by atoms with Crippen molar-refractivity contribution in [1.29, 1.82) is 0 Å². The van der Waals surface area contributed by atoms with Crippen molar-refractivity contribution in [1.82, 2.24) is 40.7 Å². The minimum absolute atomic E-state index is 0.00141. The number of fused-ring (bicyclic) bond motifs is 1. The lowest BCUT2D eigenvalue weighted by Crippen LogP contribution is -2.44. The number of amides is 2. The highest BCUT2D eigenvalue weighted by atomic mass is 16.2. The van der Waals surface area contributed by atoms with Crippen LogP contribution in [0.1, 0.15) is 47.8 Å². The first-order valence-corrected chi connectivity index (χ1v) is 13.2. The summed E-state index contributed by atoms with van der Waals surface area (Å²) in [4.78, 5) is 39.0. The van der Waals surface area contributed by atoms with E-state index in [2.05, 4.69) is 61.8 Å². The first kappa shape index (κ1) is 24.3. The minimum Gasteiger partial charge on any atom is -0.356 e. The number of hydrogen-bond acceptors (Lipinski definition) is 6. The number of aromatic amines is 2. The van der Waals surface area contributed by atoms with Crippen LogP contribution in [0.5, 0.6) is 0 Å². The number of likely N-dealkylation sites (tertiary alicyclic amines) is 1. The zero-order chi connectivity index (χ0) is 26.3. The number of nitrogens with zero attached hydrogens (tertiary/aromatic N) is 4. The number of piperidine rings is 1. The van der Waals surface area contributed by atoms with Crippen molar-refractivity contribution < 1.29 is 9.59 Å². The normalized spacial score (nSPS) is 16.9. The number of aromatic nitrogens is 5. The lowest BCUT2D eigenvalue weighted by atomic mass is 9.77. The number of H-pyrrole nitrogens is 2. The molecule has 1 aromatic carbocycles. The number of nitrogens with one attached hydrogen (secondary N) is 4. The summed E-state index contributed by atoms with van der Waals surface area (Å²) in [5.41, 5.74) is 6.49. The Hall–Kier alpha value is -4.05. The zero-order valence-electron chi connectivity index (χ0n) is 21.7. The van der Waals surface area contributed by atoms with E-state index in [0.717, 1.165) is 48.0 Å². The molecule has 5 heterocycles. The Kier molecular flexibility index (Phi) is 6.19. The third-order valence-corrected chi connectivity index (χ3v) is 8.10. The summed E-state index contributed by atoms with van der Waals surface area (Å²) in [5.74, 6) is 0.590. The smallest absolute Gasteiger partial charge is 0.271 e. The second-order valence-electron chi connectivity index (χ2n) is 10.5. The molecule has 10 nitrogen and oxygen atoms in total. The quantitative estimate of drug-likeness (QED) is 0.314. The summed E-state index contributed by atoms with van der Waals surface area (Å²) in [6.45, 7) is 7.88. The van der Waals surface area contributed by atoms with E-state index < -0.39 is 0 Å². The summed E-state index contributed by atoms with van der Waals surface area (Å²) < 4.78 is 0. The van der Waals surface area contributed by atoms with Gasteiger partial charge in [-0.15, -0.1) is 0 Å². The van der Waals surface area contributed by atoms with Crippen molar-refractivity contribution in [3.05, 3.63) is 53.6 Å². The number of rotatable bonds is 6. The Bertz CT molecular complexity index is 1510. The third-order valence-electron chi connectivity index (χ3n) is 8.10. The second kappa shape index (κ2) is 9.68. The lowest BCUT2D eigenvalue weighted by Gasteiger charge is -2.37. The minimum atomic E-state index is -0.0735. The molecule has 2 aliphatic rings. The van der Waals surface area contributed by atoms with Crippen molar-refractivity contribution in [3.8, 4) is 22.6 Å². The van der Waals surface area contributed by atoms with Crippen LogP contribution in [-0.2, 0) is 11.3 Å². The second-order valence-corrected chi connectivity index (χ2v) is 10.5. The SMILES string of the molecule is CCNCc1cncc(-c2ccc3[nH]nc(-c4ncc(C(=O)N5CCC6(CC5)CNC(=O)C6)[nH]4)c3c2)c1C. The van der Waals surface area contributed by atoms with Gasteiger partial charge in [-0.25, -0.2) is 4.98 Å². The van der Waals surface area contributed by atoms with Crippen LogP contribution in [0.2, 0.25) is 0 Å². The fraction of sp³-hybridized carbons (Fsp3) is 0.393. The van der Waals surface area contributed by atoms with E-state index in [1.54, 1.807) is 6.20 Å². The van der Waals surface area contributed by atoms with Crippen molar-refractivity contribution in [2.75, 3.05) is 26.2 Å². The van der Waals surface area contributed by atoms with Gasteiger partial charge in [0.1, 0.15) is 11.4 Å². The molecule has 2 fully saturated rings. The monoisotopic (exact) mass is 512 g/mol. The Balaban J connectivity index is 1.24. The van der Waals surface area contributed by atoms with Gasteiger partial charge < -0.3 is 20.5 Å². The van der Waals surface area contributed by atoms with Crippen LogP contribution in [0.25, 0.3) is 33.5 Å². The molecule has 38 heavy (non-hydrogen) atoms. The third kappa shape index (κ3) is 4.34. The van der Waals surface area contributed by atoms with Crippen molar-refractivity contribution in [3.63, 3.8) is 0 Å². The van der Waals surface area contributed by atoms with E-state index in [4.69, 9.17) is 0 Å². The predicted molar refractivity (Wildman–Crippen MR) is 144 cm³/mol. The Labute approximate surface area is 220 Å². The molecule has 10 heteroatoms. The van der Waals surface area contributed by atoms with Gasteiger partial charge in [-0.05, 0) is 60.5 Å². The molecule has 0 unspecified atom stereocenters. The average molecular weight is 513 g/mol. The fourth-order valence-electron chi connectivity index (χ4n) is 5.67. The van der Waals surface area contributed by atoms with E-state index in [1.807, 2.05) is 23.4 Å². The van der Waals surface area contributed by atoms with Gasteiger partial charge in [0.15, 0.2) is 5.82 Å². The first-order chi connectivity index (χ1) is 18.5. The van der Waals surface area contributed by atoms with Gasteiger partial charge in [0.25, 0.3) is 5.91 Å². The first-order valence-electron chi connectivity index (χ1n) is 13.2. The zero-order valence-corrected chi connectivity index (χ0v) is 21.7. The number of hydrogen-bond donors (Lipinski definition) is 4. The molecule has 3 aromatic heterocycles. The van der Waals surface area contributed by atoms with E-state index in [9.17, 15) is 9.59 Å². The molecule has 4 aromatic rings. The van der Waals surface area contributed by atoms with Gasteiger partial charge in [0.2, 0.25) is 5.91 Å². The summed E-state index contributed by atoms with van der Waals surface area (Å²) in [5, 5.41) is 14.8. The lowest BCUT2D eigenvalue weighted by molar-refractivity contribution is -0.119. The number of imidazole rings is 1. The van der Waals surface area contributed by atoms with E-state index in [0.29, 0.717) is 43.3 Å².